The topological polar surface area (TPSA) is 37.8 Å². The van der Waals surface area contributed by atoms with Crippen molar-refractivity contribution < 1.29 is 4.79 Å². The Kier molecular flexibility index (Phi) is 2.94. The van der Waals surface area contributed by atoms with Crippen molar-refractivity contribution >= 4 is 38.2 Å². The summed E-state index contributed by atoms with van der Waals surface area (Å²) in [6, 6.07) is 12.1. The third-order valence-electron chi connectivity index (χ3n) is 4.17. The zero-order chi connectivity index (χ0) is 15.3. The molecule has 0 aliphatic heterocycles. The Labute approximate surface area is 132 Å². The standard InChI is InChI=1S/C18H16N2OS/c1-3-20-15(10-12-8-9-22-18(12)20)17(21)16-11(2)19-14-7-5-4-6-13(14)16/h4-10,19H,3H2,1-2H3. The predicted octanol–water partition coefficient (Wildman–Crippen LogP) is 4.74. The fourth-order valence-electron chi connectivity index (χ4n) is 3.17. The zero-order valence-electron chi connectivity index (χ0n) is 12.5. The van der Waals surface area contributed by atoms with Gasteiger partial charge in [-0.25, -0.2) is 0 Å². The van der Waals surface area contributed by atoms with Gasteiger partial charge < -0.3 is 9.55 Å². The molecule has 3 aromatic heterocycles. The molecule has 0 saturated carbocycles. The second-order valence-corrected chi connectivity index (χ2v) is 6.35. The Balaban J connectivity index is 1.95. The number of aryl methyl sites for hydroxylation is 2. The van der Waals surface area contributed by atoms with Gasteiger partial charge in [0, 0.05) is 28.5 Å². The Bertz CT molecular complexity index is 1000. The highest BCUT2D eigenvalue weighted by Gasteiger charge is 2.22. The molecule has 4 rings (SSSR count). The maximum Gasteiger partial charge on any atom is 0.211 e. The van der Waals surface area contributed by atoms with Gasteiger partial charge in [-0.1, -0.05) is 18.2 Å². The van der Waals surface area contributed by atoms with Crippen LogP contribution in [0.1, 0.15) is 28.7 Å². The molecule has 3 heterocycles. The molecular weight excluding hydrogens is 292 g/mol. The van der Waals surface area contributed by atoms with Crippen LogP contribution in [0, 0.1) is 6.92 Å². The number of aromatic amines is 1. The molecule has 0 atom stereocenters. The maximum atomic E-state index is 13.2. The second kappa shape index (κ2) is 4.85. The fraction of sp³-hybridized carbons (Fsp3) is 0.167. The van der Waals surface area contributed by atoms with Crippen LogP contribution in [-0.2, 0) is 6.54 Å². The van der Waals surface area contributed by atoms with Gasteiger partial charge in [0.25, 0.3) is 0 Å². The summed E-state index contributed by atoms with van der Waals surface area (Å²) in [5, 5.41) is 4.21. The average Bonchev–Trinajstić information content (AvgIpc) is 3.17. The smallest absolute Gasteiger partial charge is 0.211 e. The van der Waals surface area contributed by atoms with Crippen LogP contribution in [-0.4, -0.2) is 15.3 Å². The monoisotopic (exact) mass is 308 g/mol. The minimum absolute atomic E-state index is 0.0974. The quantitative estimate of drug-likeness (QED) is 0.545. The van der Waals surface area contributed by atoms with E-state index in [2.05, 4.69) is 27.9 Å². The molecule has 0 spiro atoms. The molecule has 0 aliphatic rings. The number of para-hydroxylation sites is 1. The highest BCUT2D eigenvalue weighted by molar-refractivity contribution is 7.16. The Morgan fingerprint density at radius 3 is 2.91 bits per heavy atom. The summed E-state index contributed by atoms with van der Waals surface area (Å²) in [5.74, 6) is 0.0974. The first-order valence-electron chi connectivity index (χ1n) is 7.39. The number of nitrogens with zero attached hydrogens (tertiary/aromatic N) is 1. The van der Waals surface area contributed by atoms with E-state index in [0.717, 1.165) is 39.8 Å². The van der Waals surface area contributed by atoms with E-state index >= 15 is 0 Å². The van der Waals surface area contributed by atoms with Crippen LogP contribution in [0.5, 0.6) is 0 Å². The summed E-state index contributed by atoms with van der Waals surface area (Å²) in [5.41, 5.74) is 3.51. The van der Waals surface area contributed by atoms with E-state index in [-0.39, 0.29) is 5.78 Å². The van der Waals surface area contributed by atoms with Gasteiger partial charge >= 0.3 is 0 Å². The molecular formula is C18H16N2OS. The van der Waals surface area contributed by atoms with Crippen LogP contribution in [0.4, 0.5) is 0 Å². The first-order valence-corrected chi connectivity index (χ1v) is 8.27. The molecule has 0 fully saturated rings. The van der Waals surface area contributed by atoms with E-state index in [0.29, 0.717) is 0 Å². The summed E-state index contributed by atoms with van der Waals surface area (Å²) in [4.78, 5) is 17.6. The van der Waals surface area contributed by atoms with Gasteiger partial charge in [-0.15, -0.1) is 11.3 Å². The number of fused-ring (bicyclic) bond motifs is 2. The van der Waals surface area contributed by atoms with Gasteiger partial charge in [0.15, 0.2) is 0 Å². The molecule has 0 bridgehead atoms. The fourth-order valence-corrected chi connectivity index (χ4v) is 4.14. The molecule has 110 valence electrons. The first kappa shape index (κ1) is 13.3. The van der Waals surface area contributed by atoms with Crippen LogP contribution in [0.25, 0.3) is 21.1 Å². The summed E-state index contributed by atoms with van der Waals surface area (Å²) >= 11 is 1.68. The number of benzene rings is 1. The van der Waals surface area contributed by atoms with Crippen molar-refractivity contribution in [3.05, 3.63) is 58.7 Å². The molecule has 0 saturated heterocycles. The van der Waals surface area contributed by atoms with Gasteiger partial charge in [-0.05, 0) is 37.4 Å². The molecule has 0 radical (unpaired) electrons. The number of hydrogen-bond acceptors (Lipinski definition) is 2. The third kappa shape index (κ3) is 1.77. The summed E-state index contributed by atoms with van der Waals surface area (Å²) in [6.45, 7) is 4.85. The van der Waals surface area contributed by atoms with Crippen molar-refractivity contribution in [1.29, 1.82) is 0 Å². The van der Waals surface area contributed by atoms with Crippen molar-refractivity contribution in [1.82, 2.24) is 9.55 Å². The summed E-state index contributed by atoms with van der Waals surface area (Å²) in [6.07, 6.45) is 0. The van der Waals surface area contributed by atoms with Crippen LogP contribution in [0.2, 0.25) is 0 Å². The van der Waals surface area contributed by atoms with Crippen molar-refractivity contribution in [3.8, 4) is 0 Å². The van der Waals surface area contributed by atoms with E-state index in [1.807, 2.05) is 37.3 Å². The van der Waals surface area contributed by atoms with Crippen molar-refractivity contribution in [2.75, 3.05) is 0 Å². The number of aromatic nitrogens is 2. The lowest BCUT2D eigenvalue weighted by molar-refractivity contribution is 0.103. The number of nitrogens with one attached hydrogen (secondary N) is 1. The van der Waals surface area contributed by atoms with E-state index in [9.17, 15) is 4.79 Å². The predicted molar refractivity (Wildman–Crippen MR) is 92.0 cm³/mol. The molecule has 4 heteroatoms. The van der Waals surface area contributed by atoms with Crippen molar-refractivity contribution in [3.63, 3.8) is 0 Å². The lowest BCUT2D eigenvalue weighted by Crippen LogP contribution is -2.09. The molecule has 22 heavy (non-hydrogen) atoms. The van der Waals surface area contributed by atoms with E-state index in [1.165, 1.54) is 4.83 Å². The molecule has 0 amide bonds. The molecule has 0 unspecified atom stereocenters. The number of carbonyl (C=O) groups excluding carboxylic acids is 1. The van der Waals surface area contributed by atoms with Crippen molar-refractivity contribution in [2.24, 2.45) is 0 Å². The van der Waals surface area contributed by atoms with Crippen LogP contribution >= 0.6 is 11.3 Å². The Morgan fingerprint density at radius 2 is 2.09 bits per heavy atom. The number of carbonyl (C=O) groups is 1. The van der Waals surface area contributed by atoms with Gasteiger partial charge in [-0.2, -0.15) is 0 Å². The number of rotatable bonds is 3. The largest absolute Gasteiger partial charge is 0.358 e. The summed E-state index contributed by atoms with van der Waals surface area (Å²) in [7, 11) is 0. The maximum absolute atomic E-state index is 13.2. The number of H-pyrrole nitrogens is 1. The minimum Gasteiger partial charge on any atom is -0.358 e. The van der Waals surface area contributed by atoms with Gasteiger partial charge in [-0.3, -0.25) is 4.79 Å². The second-order valence-electron chi connectivity index (χ2n) is 5.45. The zero-order valence-corrected chi connectivity index (χ0v) is 13.3. The van der Waals surface area contributed by atoms with Crippen LogP contribution in [0.15, 0.2) is 41.8 Å². The highest BCUT2D eigenvalue weighted by atomic mass is 32.1. The van der Waals surface area contributed by atoms with Crippen LogP contribution in [0.3, 0.4) is 0 Å². The first-order chi connectivity index (χ1) is 10.7. The number of hydrogen-bond donors (Lipinski definition) is 1. The van der Waals surface area contributed by atoms with E-state index in [4.69, 9.17) is 0 Å². The molecule has 1 N–H and O–H groups in total. The Morgan fingerprint density at radius 1 is 1.27 bits per heavy atom. The average molecular weight is 308 g/mol. The number of ketones is 1. The molecule has 3 nitrogen and oxygen atoms in total. The lowest BCUT2D eigenvalue weighted by Gasteiger charge is -2.06. The molecule has 4 aromatic rings. The molecule has 1 aromatic carbocycles. The van der Waals surface area contributed by atoms with Crippen LogP contribution < -0.4 is 0 Å². The van der Waals surface area contributed by atoms with E-state index in [1.54, 1.807) is 11.3 Å². The minimum atomic E-state index is 0.0974. The normalized spacial score (nSPS) is 11.5. The SMILES string of the molecule is CCn1c(C(=O)c2c(C)[nH]c3ccccc23)cc2ccsc21. The highest BCUT2D eigenvalue weighted by Crippen LogP contribution is 2.30. The van der Waals surface area contributed by atoms with Gasteiger partial charge in [0.05, 0.1) is 11.3 Å². The van der Waals surface area contributed by atoms with Gasteiger partial charge in [0.1, 0.15) is 4.83 Å². The van der Waals surface area contributed by atoms with Crippen molar-refractivity contribution in [2.45, 2.75) is 20.4 Å². The summed E-state index contributed by atoms with van der Waals surface area (Å²) < 4.78 is 2.11. The Hall–Kier alpha value is -2.33. The number of thiophene rings is 1. The third-order valence-corrected chi connectivity index (χ3v) is 5.12. The van der Waals surface area contributed by atoms with E-state index < -0.39 is 0 Å². The lowest BCUT2D eigenvalue weighted by atomic mass is 10.0. The molecule has 0 aliphatic carbocycles. The van der Waals surface area contributed by atoms with Gasteiger partial charge in [0.2, 0.25) is 5.78 Å².